The van der Waals surface area contributed by atoms with Gasteiger partial charge in [-0.25, -0.2) is 0 Å². The molecule has 6 heteroatoms. The lowest BCUT2D eigenvalue weighted by Crippen LogP contribution is -2.30. The van der Waals surface area contributed by atoms with E-state index in [0.29, 0.717) is 0 Å². The van der Waals surface area contributed by atoms with Gasteiger partial charge in [0.25, 0.3) is 0 Å². The van der Waals surface area contributed by atoms with Crippen molar-refractivity contribution in [1.29, 1.82) is 0 Å². The van der Waals surface area contributed by atoms with Crippen LogP contribution in [0.5, 0.6) is 0 Å². The van der Waals surface area contributed by atoms with Crippen LogP contribution < -0.4 is 5.32 Å². The summed E-state index contributed by atoms with van der Waals surface area (Å²) < 4.78 is 4.55. The molecule has 0 aromatic heterocycles. The highest BCUT2D eigenvalue weighted by atomic mass is 16.5. The lowest BCUT2D eigenvalue weighted by molar-refractivity contribution is -0.143. The normalized spacial score (nSPS) is 9.21. The topological polar surface area (TPSA) is 92.7 Å². The predicted octanol–water partition coefficient (Wildman–Crippen LogP) is -0.469. The minimum atomic E-state index is -1.05. The maximum absolute atomic E-state index is 10.9. The molecule has 1 amide bonds. The van der Waals surface area contributed by atoms with Gasteiger partial charge in [-0.2, -0.15) is 0 Å². The summed E-state index contributed by atoms with van der Waals surface area (Å²) in [7, 11) is 0. The molecule has 0 spiro atoms. The molecular weight excluding hydrogens is 190 g/mol. The lowest BCUT2D eigenvalue weighted by atomic mass is 10.3. The zero-order valence-corrected chi connectivity index (χ0v) is 7.91. The van der Waals surface area contributed by atoms with Gasteiger partial charge in [0.05, 0.1) is 13.0 Å². The van der Waals surface area contributed by atoms with Gasteiger partial charge in [-0.1, -0.05) is 0 Å². The zero-order valence-electron chi connectivity index (χ0n) is 7.91. The molecule has 0 fully saturated rings. The van der Waals surface area contributed by atoms with Crippen molar-refractivity contribution in [1.82, 2.24) is 5.32 Å². The highest BCUT2D eigenvalue weighted by Gasteiger charge is 2.07. The van der Waals surface area contributed by atoms with Crippen LogP contribution in [0.2, 0.25) is 0 Å². The number of carboxylic acid groups (broad SMARTS) is 1. The monoisotopic (exact) mass is 203 g/mol. The smallest absolute Gasteiger partial charge is 0.325 e. The van der Waals surface area contributed by atoms with Crippen LogP contribution >= 0.6 is 0 Å². The fourth-order valence-corrected chi connectivity index (χ4v) is 0.692. The third-order valence-corrected chi connectivity index (χ3v) is 1.30. The Morgan fingerprint density at radius 3 is 2.43 bits per heavy atom. The summed E-state index contributed by atoms with van der Waals surface area (Å²) in [6.45, 7) is 1.69. The lowest BCUT2D eigenvalue weighted by Gasteiger charge is -2.03. The zero-order chi connectivity index (χ0) is 11.0. The number of nitrogens with one attached hydrogen (secondary N) is 1. The molecule has 0 saturated carbocycles. The molecule has 0 heterocycles. The minimum absolute atomic E-state index is 0.130. The molecule has 0 radical (unpaired) electrons. The van der Waals surface area contributed by atoms with Crippen LogP contribution in [0.25, 0.3) is 0 Å². The molecule has 14 heavy (non-hydrogen) atoms. The van der Waals surface area contributed by atoms with Crippen LogP contribution in [0.3, 0.4) is 0 Å². The van der Waals surface area contributed by atoms with Gasteiger partial charge in [-0.05, 0) is 6.92 Å². The van der Waals surface area contributed by atoms with Gasteiger partial charge < -0.3 is 15.2 Å². The van der Waals surface area contributed by atoms with E-state index < -0.39 is 17.8 Å². The van der Waals surface area contributed by atoms with Crippen LogP contribution in [-0.2, 0) is 19.1 Å². The van der Waals surface area contributed by atoms with Crippen LogP contribution in [0.15, 0.2) is 0 Å². The van der Waals surface area contributed by atoms with E-state index in [1.807, 2.05) is 0 Å². The second kappa shape index (κ2) is 6.88. The second-order valence-electron chi connectivity index (χ2n) is 2.48. The molecule has 0 saturated heterocycles. The average molecular weight is 203 g/mol. The number of aliphatic carboxylic acids is 1. The maximum Gasteiger partial charge on any atom is 0.325 e. The van der Waals surface area contributed by atoms with E-state index in [4.69, 9.17) is 5.11 Å². The molecule has 0 aliphatic rings. The Morgan fingerprint density at radius 1 is 1.29 bits per heavy atom. The van der Waals surface area contributed by atoms with Crippen LogP contribution in [0.4, 0.5) is 0 Å². The van der Waals surface area contributed by atoms with Gasteiger partial charge in [0.2, 0.25) is 5.91 Å². The number of carboxylic acids is 1. The standard InChI is InChI=1S/C8H13NO5/c1-2-14-8(13)5-9-6(10)3-4-7(11)12/h2-5H2,1H3,(H,9,10)(H,11,12). The predicted molar refractivity (Wildman–Crippen MR) is 46.5 cm³/mol. The number of carbonyl (C=O) groups is 3. The highest BCUT2D eigenvalue weighted by Crippen LogP contribution is 1.88. The summed E-state index contributed by atoms with van der Waals surface area (Å²) in [5.41, 5.74) is 0. The first kappa shape index (κ1) is 12.4. The van der Waals surface area contributed by atoms with Crippen LogP contribution in [0, 0.1) is 0 Å². The van der Waals surface area contributed by atoms with Crippen LogP contribution in [-0.4, -0.2) is 36.1 Å². The number of rotatable bonds is 6. The van der Waals surface area contributed by atoms with Crippen molar-refractivity contribution in [3.63, 3.8) is 0 Å². The first-order valence-electron chi connectivity index (χ1n) is 4.20. The van der Waals surface area contributed by atoms with Crippen molar-refractivity contribution in [2.45, 2.75) is 19.8 Å². The van der Waals surface area contributed by atoms with Gasteiger partial charge in [0.15, 0.2) is 0 Å². The van der Waals surface area contributed by atoms with E-state index in [-0.39, 0.29) is 26.0 Å². The quantitative estimate of drug-likeness (QED) is 0.569. The van der Waals surface area contributed by atoms with Crippen molar-refractivity contribution in [2.75, 3.05) is 13.2 Å². The molecular formula is C8H13NO5. The summed E-state index contributed by atoms with van der Waals surface area (Å²) in [5, 5.41) is 10.5. The largest absolute Gasteiger partial charge is 0.481 e. The Morgan fingerprint density at radius 2 is 1.93 bits per heavy atom. The number of carbonyl (C=O) groups excluding carboxylic acids is 2. The number of esters is 1. The SMILES string of the molecule is CCOC(=O)CNC(=O)CCC(=O)O. The molecule has 0 aromatic carbocycles. The molecule has 0 rings (SSSR count). The Hall–Kier alpha value is -1.59. The second-order valence-corrected chi connectivity index (χ2v) is 2.48. The van der Waals surface area contributed by atoms with Gasteiger partial charge in [0.1, 0.15) is 6.54 Å². The number of amides is 1. The molecule has 6 nitrogen and oxygen atoms in total. The van der Waals surface area contributed by atoms with E-state index in [2.05, 4.69) is 10.1 Å². The molecule has 80 valence electrons. The minimum Gasteiger partial charge on any atom is -0.481 e. The van der Waals surface area contributed by atoms with E-state index in [1.54, 1.807) is 6.92 Å². The fourth-order valence-electron chi connectivity index (χ4n) is 0.692. The molecule has 0 aliphatic heterocycles. The molecule has 0 atom stereocenters. The summed E-state index contributed by atoms with van der Waals surface area (Å²) >= 11 is 0. The molecule has 0 aromatic rings. The van der Waals surface area contributed by atoms with Crippen molar-refractivity contribution in [2.24, 2.45) is 0 Å². The van der Waals surface area contributed by atoms with Gasteiger partial charge in [0, 0.05) is 6.42 Å². The van der Waals surface area contributed by atoms with E-state index in [0.717, 1.165) is 0 Å². The number of hydrogen-bond acceptors (Lipinski definition) is 4. The first-order valence-corrected chi connectivity index (χ1v) is 4.20. The van der Waals surface area contributed by atoms with E-state index in [9.17, 15) is 14.4 Å². The van der Waals surface area contributed by atoms with Gasteiger partial charge in [-0.3, -0.25) is 14.4 Å². The number of hydrogen-bond donors (Lipinski definition) is 2. The molecule has 0 unspecified atom stereocenters. The third kappa shape index (κ3) is 7.08. The maximum atomic E-state index is 10.9. The number of ether oxygens (including phenoxy) is 1. The summed E-state index contributed by atoms with van der Waals surface area (Å²) in [5.74, 6) is -2.05. The molecule has 2 N–H and O–H groups in total. The third-order valence-electron chi connectivity index (χ3n) is 1.30. The van der Waals surface area contributed by atoms with E-state index >= 15 is 0 Å². The molecule has 0 aliphatic carbocycles. The van der Waals surface area contributed by atoms with Crippen molar-refractivity contribution < 1.29 is 24.2 Å². The Balaban J connectivity index is 3.53. The van der Waals surface area contributed by atoms with Crippen LogP contribution in [0.1, 0.15) is 19.8 Å². The molecule has 0 bridgehead atoms. The Labute approximate surface area is 81.2 Å². The summed E-state index contributed by atoms with van der Waals surface area (Å²) in [4.78, 5) is 31.7. The Bertz CT molecular complexity index is 226. The Kier molecular flexibility index (Phi) is 6.09. The average Bonchev–Trinajstić information content (AvgIpc) is 2.12. The van der Waals surface area contributed by atoms with Crippen molar-refractivity contribution >= 4 is 17.8 Å². The first-order chi connectivity index (χ1) is 6.56. The van der Waals surface area contributed by atoms with Crippen molar-refractivity contribution in [3.05, 3.63) is 0 Å². The summed E-state index contributed by atoms with van der Waals surface area (Å²) in [6, 6.07) is 0. The fraction of sp³-hybridized carbons (Fsp3) is 0.625. The van der Waals surface area contributed by atoms with Crippen molar-refractivity contribution in [3.8, 4) is 0 Å². The van der Waals surface area contributed by atoms with Gasteiger partial charge >= 0.3 is 11.9 Å². The van der Waals surface area contributed by atoms with Gasteiger partial charge in [-0.15, -0.1) is 0 Å². The van der Waals surface area contributed by atoms with E-state index in [1.165, 1.54) is 0 Å². The highest BCUT2D eigenvalue weighted by molar-refractivity contribution is 5.84. The summed E-state index contributed by atoms with van der Waals surface area (Å²) in [6.07, 6.45) is -0.372.